The van der Waals surface area contributed by atoms with Crippen molar-refractivity contribution in [1.82, 2.24) is 14.5 Å². The summed E-state index contributed by atoms with van der Waals surface area (Å²) in [6.45, 7) is -2.44. The maximum Gasteiger partial charge on any atom is 0.146 e. The fourth-order valence-electron chi connectivity index (χ4n) is 3.10. The van der Waals surface area contributed by atoms with Crippen LogP contribution in [0, 0.1) is 0 Å². The number of benzene rings is 1. The molecule has 0 amide bonds. The summed E-state index contributed by atoms with van der Waals surface area (Å²) in [5, 5.41) is 0.469. The minimum atomic E-state index is -2.44. The Morgan fingerprint density at radius 2 is 2.00 bits per heavy atom. The molecule has 8 heteroatoms. The van der Waals surface area contributed by atoms with Crippen LogP contribution in [0.3, 0.4) is 0 Å². The lowest BCUT2D eigenvalue weighted by molar-refractivity contribution is 0.681. The third-order valence-electron chi connectivity index (χ3n) is 4.33. The second-order valence-electron chi connectivity index (χ2n) is 5.98. The largest absolute Gasteiger partial charge is 0.383 e. The lowest BCUT2D eigenvalue weighted by Gasteiger charge is -2.05. The summed E-state index contributed by atoms with van der Waals surface area (Å²) in [6.07, 6.45) is 3.14. The Hall–Kier alpha value is -1.93. The van der Waals surface area contributed by atoms with E-state index in [1.165, 1.54) is 6.33 Å². The number of nitrogen functional groups attached to an aromatic ring is 1. The van der Waals surface area contributed by atoms with Crippen molar-refractivity contribution < 1.29 is 8.32 Å². The number of hydrogen-bond acceptors (Lipinski definition) is 5. The van der Waals surface area contributed by atoms with Gasteiger partial charge in [0.15, 0.2) is 0 Å². The van der Waals surface area contributed by atoms with Crippen molar-refractivity contribution in [2.24, 2.45) is 11.3 Å². The maximum atomic E-state index is 12.6. The molecule has 3 heterocycles. The molecule has 0 spiro atoms. The predicted molar refractivity (Wildman–Crippen MR) is 105 cm³/mol. The van der Waals surface area contributed by atoms with Gasteiger partial charge in [0.1, 0.15) is 17.8 Å². The van der Waals surface area contributed by atoms with Crippen molar-refractivity contribution in [3.8, 4) is 11.1 Å². The molecular weight excluding hydrogens is 402 g/mol. The number of halogens is 1. The summed E-state index contributed by atoms with van der Waals surface area (Å²) in [4.78, 5) is 8.15. The van der Waals surface area contributed by atoms with E-state index in [-0.39, 0.29) is 11.5 Å². The molecule has 3 aromatic rings. The molecule has 4 rings (SSSR count). The minimum Gasteiger partial charge on any atom is -0.383 e. The van der Waals surface area contributed by atoms with Gasteiger partial charge in [-0.05, 0) is 46.5 Å². The van der Waals surface area contributed by atoms with Crippen LogP contribution >= 0.6 is 15.9 Å². The third-order valence-corrected chi connectivity index (χ3v) is 7.47. The molecule has 2 N–H and O–H groups in total. The van der Waals surface area contributed by atoms with E-state index >= 15 is 0 Å². The van der Waals surface area contributed by atoms with Crippen molar-refractivity contribution in [3.63, 3.8) is 0 Å². The maximum absolute atomic E-state index is 12.6. The van der Waals surface area contributed by atoms with E-state index in [9.17, 15) is 4.21 Å². The summed E-state index contributed by atoms with van der Waals surface area (Å²) in [5.74, 6) is 1.48. The Morgan fingerprint density at radius 1 is 1.28 bits per heavy atom. The highest BCUT2D eigenvalue weighted by molar-refractivity contribution is 9.10. The zero-order valence-electron chi connectivity index (χ0n) is 16.3. The Morgan fingerprint density at radius 3 is 2.68 bits per heavy atom. The van der Waals surface area contributed by atoms with Crippen LogP contribution in [0.2, 0.25) is 0 Å². The first-order valence-electron chi connectivity index (χ1n) is 9.33. The van der Waals surface area contributed by atoms with Gasteiger partial charge in [0.25, 0.3) is 0 Å². The molecule has 130 valence electrons. The van der Waals surface area contributed by atoms with Gasteiger partial charge < -0.3 is 10.3 Å². The van der Waals surface area contributed by atoms with E-state index in [0.29, 0.717) is 32.7 Å². The summed E-state index contributed by atoms with van der Waals surface area (Å²) in [7, 11) is -2.15. The Balaban J connectivity index is 1.88. The molecule has 1 aliphatic heterocycles. The Kier molecular flexibility index (Phi) is 3.25. The van der Waals surface area contributed by atoms with Gasteiger partial charge >= 0.3 is 0 Å². The quantitative estimate of drug-likeness (QED) is 0.678. The molecule has 2 aromatic heterocycles. The number of aromatic nitrogens is 3. The normalized spacial score (nSPS) is 18.7. The fourth-order valence-corrected chi connectivity index (χ4v) is 5.90. The second kappa shape index (κ2) is 6.10. The molecule has 6 nitrogen and oxygen atoms in total. The van der Waals surface area contributed by atoms with Gasteiger partial charge in [-0.25, -0.2) is 14.2 Å². The number of hydrogen-bond donors (Lipinski definition) is 1. The summed E-state index contributed by atoms with van der Waals surface area (Å²) in [5.41, 5.74) is 8.27. The number of fused-ring (bicyclic) bond motifs is 1. The van der Waals surface area contributed by atoms with Crippen LogP contribution in [0.15, 0.2) is 39.6 Å². The van der Waals surface area contributed by atoms with Crippen LogP contribution in [-0.4, -0.2) is 30.2 Å². The fraction of sp³-hybridized carbons (Fsp3) is 0.294. The SMILES string of the molecule is [2H]C([2H])([2H])n1c(Br)c(-c2ccc(N=S3(=O)CCCC3)cc2)c2c(N)ncnc21. The van der Waals surface area contributed by atoms with Gasteiger partial charge in [0, 0.05) is 28.2 Å². The summed E-state index contributed by atoms with van der Waals surface area (Å²) >= 11 is 3.41. The van der Waals surface area contributed by atoms with Crippen LogP contribution in [0.5, 0.6) is 0 Å². The third kappa shape index (κ3) is 2.83. The van der Waals surface area contributed by atoms with Crippen LogP contribution in [-0.2, 0) is 16.7 Å². The highest BCUT2D eigenvalue weighted by atomic mass is 79.9. The molecule has 0 aliphatic carbocycles. The van der Waals surface area contributed by atoms with Crippen LogP contribution in [0.4, 0.5) is 11.5 Å². The first kappa shape index (κ1) is 13.3. The van der Waals surface area contributed by atoms with Crippen LogP contribution in [0.25, 0.3) is 22.2 Å². The summed E-state index contributed by atoms with van der Waals surface area (Å²) in [6, 6.07) is 7.19. The first-order valence-corrected chi connectivity index (χ1v) is 10.5. The van der Waals surface area contributed by atoms with Gasteiger partial charge in [-0.15, -0.1) is 0 Å². The average molecular weight is 423 g/mol. The number of aryl methyl sites for hydroxylation is 1. The molecule has 1 aromatic carbocycles. The van der Waals surface area contributed by atoms with E-state index in [4.69, 9.17) is 9.85 Å². The van der Waals surface area contributed by atoms with Crippen molar-refractivity contribution in [2.75, 3.05) is 17.2 Å². The molecule has 1 saturated heterocycles. The van der Waals surface area contributed by atoms with Gasteiger partial charge in [-0.2, -0.15) is 4.36 Å². The Labute approximate surface area is 159 Å². The molecule has 25 heavy (non-hydrogen) atoms. The van der Waals surface area contributed by atoms with E-state index in [2.05, 4.69) is 30.3 Å². The zero-order chi connectivity index (χ0) is 20.1. The van der Waals surface area contributed by atoms with E-state index in [0.717, 1.165) is 23.0 Å². The molecule has 0 radical (unpaired) electrons. The van der Waals surface area contributed by atoms with Crippen molar-refractivity contribution in [2.45, 2.75) is 12.8 Å². The van der Waals surface area contributed by atoms with Crippen molar-refractivity contribution >= 4 is 48.2 Å². The molecule has 1 fully saturated rings. The molecule has 0 bridgehead atoms. The number of anilines is 1. The lowest BCUT2D eigenvalue weighted by Crippen LogP contribution is -1.99. The number of rotatable bonds is 2. The predicted octanol–water partition coefficient (Wildman–Crippen LogP) is 3.87. The van der Waals surface area contributed by atoms with Crippen molar-refractivity contribution in [1.29, 1.82) is 0 Å². The first-order chi connectivity index (χ1) is 13.2. The topological polar surface area (TPSA) is 86.2 Å². The van der Waals surface area contributed by atoms with Crippen LogP contribution < -0.4 is 5.73 Å². The standard InChI is InChI=1S/C17H18BrN5OS/c1-23-15(18)13(14-16(19)20-10-21-17(14)23)11-4-6-12(7-5-11)22-25(24)8-2-3-9-25/h4-7,10H,2-3,8-9H2,1H3,(H2,19,20,21)/i1D3. The summed E-state index contributed by atoms with van der Waals surface area (Å²) < 4.78 is 42.1. The number of nitrogens with zero attached hydrogens (tertiary/aromatic N) is 4. The minimum absolute atomic E-state index is 0.200. The van der Waals surface area contributed by atoms with E-state index in [1.807, 2.05) is 12.1 Å². The molecular formula is C17H18BrN5OS. The molecule has 0 atom stereocenters. The molecule has 1 aliphatic rings. The van der Waals surface area contributed by atoms with Crippen molar-refractivity contribution in [3.05, 3.63) is 35.2 Å². The van der Waals surface area contributed by atoms with Gasteiger partial charge in [-0.3, -0.25) is 0 Å². The Bertz CT molecular complexity index is 1170. The zero-order valence-corrected chi connectivity index (χ0v) is 15.7. The second-order valence-corrected chi connectivity index (χ2v) is 9.28. The van der Waals surface area contributed by atoms with Gasteiger partial charge in [-0.1, -0.05) is 12.1 Å². The molecule has 0 unspecified atom stereocenters. The van der Waals surface area contributed by atoms with Gasteiger partial charge in [0.2, 0.25) is 0 Å². The highest BCUT2D eigenvalue weighted by Crippen LogP contribution is 2.39. The van der Waals surface area contributed by atoms with E-state index < -0.39 is 16.7 Å². The highest BCUT2D eigenvalue weighted by Gasteiger charge is 2.19. The van der Waals surface area contributed by atoms with E-state index in [1.54, 1.807) is 12.1 Å². The molecule has 0 saturated carbocycles. The smallest absolute Gasteiger partial charge is 0.146 e. The average Bonchev–Trinajstić information content (AvgIpc) is 3.17. The van der Waals surface area contributed by atoms with Crippen LogP contribution in [0.1, 0.15) is 17.0 Å². The number of nitrogens with two attached hydrogens (primary N) is 1. The van der Waals surface area contributed by atoms with Gasteiger partial charge in [0.05, 0.1) is 25.4 Å². The monoisotopic (exact) mass is 422 g/mol. The lowest BCUT2D eigenvalue weighted by atomic mass is 10.1.